The predicted octanol–water partition coefficient (Wildman–Crippen LogP) is 2.69. The van der Waals surface area contributed by atoms with Crippen LogP contribution in [-0.2, 0) is 0 Å². The van der Waals surface area contributed by atoms with Crippen molar-refractivity contribution < 1.29 is 4.52 Å². The summed E-state index contributed by atoms with van der Waals surface area (Å²) in [5.41, 5.74) is 0.928. The maximum atomic E-state index is 4.81. The fraction of sp³-hybridized carbons (Fsp3) is 0. The summed E-state index contributed by atoms with van der Waals surface area (Å²) in [5, 5.41) is 2.63. The second kappa shape index (κ2) is 3.35. The van der Waals surface area contributed by atoms with Crippen molar-refractivity contribution in [2.45, 2.75) is 4.90 Å². The zero-order valence-electron chi connectivity index (χ0n) is 6.52. The number of hydrogen-bond donors (Lipinski definition) is 2. The molecule has 66 valence electrons. The third-order valence-electron chi connectivity index (χ3n) is 1.58. The summed E-state index contributed by atoms with van der Waals surface area (Å²) < 4.78 is 4.81. The molecule has 0 fully saturated rings. The molecule has 0 amide bonds. The monoisotopic (exact) mass is 210 g/mol. The molecular formula is C8H6N2OS2. The smallest absolute Gasteiger partial charge is 0.314 e. The van der Waals surface area contributed by atoms with Crippen molar-refractivity contribution in [3.63, 3.8) is 0 Å². The van der Waals surface area contributed by atoms with Crippen LogP contribution in [0.2, 0.25) is 0 Å². The number of thiol groups is 1. The first-order chi connectivity index (χ1) is 6.25. The minimum Gasteiger partial charge on any atom is -0.348 e. The topological polar surface area (TPSA) is 41.8 Å². The Labute approximate surface area is 85.2 Å². The highest BCUT2D eigenvalue weighted by atomic mass is 32.1. The normalized spacial score (nSPS) is 10.2. The van der Waals surface area contributed by atoms with E-state index in [4.69, 9.17) is 16.7 Å². The lowest BCUT2D eigenvalue weighted by atomic mass is 10.2. The molecule has 0 saturated heterocycles. The van der Waals surface area contributed by atoms with Crippen LogP contribution in [0.1, 0.15) is 0 Å². The summed E-state index contributed by atoms with van der Waals surface area (Å²) in [6.45, 7) is 0. The van der Waals surface area contributed by atoms with Gasteiger partial charge in [-0.1, -0.05) is 12.1 Å². The fourth-order valence-corrected chi connectivity index (χ4v) is 1.25. The lowest BCUT2D eigenvalue weighted by Crippen LogP contribution is -1.78. The van der Waals surface area contributed by atoms with Crippen LogP contribution < -0.4 is 0 Å². The third-order valence-corrected chi connectivity index (χ3v) is 2.05. The molecule has 1 heterocycles. The van der Waals surface area contributed by atoms with Crippen molar-refractivity contribution in [3.8, 4) is 11.4 Å². The standard InChI is InChI=1S/C8H6N2OS2/c12-6-3-1-5(2-4-6)7-9-8(13)11-10-7/h1-4,12H,(H,9,10,13). The SMILES string of the molecule is S=c1nc(-c2ccc(S)cc2)[nH]o1. The average molecular weight is 210 g/mol. The van der Waals surface area contributed by atoms with Crippen molar-refractivity contribution in [2.24, 2.45) is 0 Å². The lowest BCUT2D eigenvalue weighted by Gasteiger charge is -1.94. The first-order valence-corrected chi connectivity index (χ1v) is 4.46. The van der Waals surface area contributed by atoms with Gasteiger partial charge in [0.05, 0.1) is 0 Å². The highest BCUT2D eigenvalue weighted by Gasteiger charge is 2.00. The second-order valence-electron chi connectivity index (χ2n) is 2.48. The molecule has 0 bridgehead atoms. The van der Waals surface area contributed by atoms with E-state index in [0.717, 1.165) is 10.5 Å². The van der Waals surface area contributed by atoms with Crippen molar-refractivity contribution in [3.05, 3.63) is 29.1 Å². The van der Waals surface area contributed by atoms with Gasteiger partial charge in [-0.2, -0.15) is 4.98 Å². The quantitative estimate of drug-likeness (QED) is 0.561. The molecule has 2 rings (SSSR count). The molecule has 0 aliphatic rings. The molecule has 5 heteroatoms. The van der Waals surface area contributed by atoms with Crippen LogP contribution in [0.4, 0.5) is 0 Å². The Morgan fingerprint density at radius 3 is 2.54 bits per heavy atom. The first-order valence-electron chi connectivity index (χ1n) is 3.60. The van der Waals surface area contributed by atoms with E-state index in [9.17, 15) is 0 Å². The number of nitrogens with one attached hydrogen (secondary N) is 1. The zero-order chi connectivity index (χ0) is 9.26. The molecule has 3 nitrogen and oxygen atoms in total. The molecule has 1 aromatic carbocycles. The molecule has 1 N–H and O–H groups in total. The van der Waals surface area contributed by atoms with Gasteiger partial charge in [-0.25, -0.2) is 5.16 Å². The lowest BCUT2D eigenvalue weighted by molar-refractivity contribution is 0.406. The number of rotatable bonds is 1. The molecule has 1 aromatic heterocycles. The largest absolute Gasteiger partial charge is 0.348 e. The Kier molecular flexibility index (Phi) is 2.20. The molecular weight excluding hydrogens is 204 g/mol. The van der Waals surface area contributed by atoms with Crippen LogP contribution in [0, 0.1) is 4.84 Å². The van der Waals surface area contributed by atoms with Gasteiger partial charge < -0.3 is 4.52 Å². The average Bonchev–Trinajstić information content (AvgIpc) is 2.53. The Morgan fingerprint density at radius 1 is 1.31 bits per heavy atom. The van der Waals surface area contributed by atoms with E-state index in [1.54, 1.807) is 0 Å². The van der Waals surface area contributed by atoms with Crippen molar-refractivity contribution >= 4 is 24.8 Å². The van der Waals surface area contributed by atoms with Gasteiger partial charge in [-0.3, -0.25) is 0 Å². The van der Waals surface area contributed by atoms with Gasteiger partial charge in [-0.05, 0) is 24.4 Å². The Hall–Kier alpha value is -1.07. The van der Waals surface area contributed by atoms with Gasteiger partial charge in [0.1, 0.15) is 0 Å². The highest BCUT2D eigenvalue weighted by Crippen LogP contribution is 2.16. The van der Waals surface area contributed by atoms with Gasteiger partial charge >= 0.3 is 4.84 Å². The van der Waals surface area contributed by atoms with Crippen LogP contribution in [0.15, 0.2) is 33.7 Å². The fourth-order valence-electron chi connectivity index (χ4n) is 0.972. The van der Waals surface area contributed by atoms with E-state index < -0.39 is 0 Å². The Bertz CT molecular complexity index is 457. The molecule has 0 atom stereocenters. The number of aromatic amines is 1. The molecule has 0 aliphatic carbocycles. The van der Waals surface area contributed by atoms with Crippen molar-refractivity contribution in [1.29, 1.82) is 0 Å². The van der Waals surface area contributed by atoms with Crippen LogP contribution >= 0.6 is 24.8 Å². The summed E-state index contributed by atoms with van der Waals surface area (Å²) >= 11 is 8.91. The summed E-state index contributed by atoms with van der Waals surface area (Å²) in [7, 11) is 0. The Balaban J connectivity index is 2.47. The van der Waals surface area contributed by atoms with E-state index >= 15 is 0 Å². The molecule has 13 heavy (non-hydrogen) atoms. The van der Waals surface area contributed by atoms with Crippen molar-refractivity contribution in [2.75, 3.05) is 0 Å². The predicted molar refractivity (Wildman–Crippen MR) is 54.4 cm³/mol. The summed E-state index contributed by atoms with van der Waals surface area (Å²) in [5.74, 6) is 0.637. The molecule has 0 spiro atoms. The number of H-pyrrole nitrogens is 1. The maximum Gasteiger partial charge on any atom is 0.314 e. The molecule has 0 aliphatic heterocycles. The molecule has 0 unspecified atom stereocenters. The summed E-state index contributed by atoms with van der Waals surface area (Å²) in [4.78, 5) is 5.10. The zero-order valence-corrected chi connectivity index (χ0v) is 8.23. The molecule has 2 aromatic rings. The third kappa shape index (κ3) is 1.81. The van der Waals surface area contributed by atoms with Crippen LogP contribution in [-0.4, -0.2) is 10.1 Å². The number of nitrogens with zero attached hydrogens (tertiary/aromatic N) is 1. The number of hydrogen-bond acceptors (Lipinski definition) is 4. The highest BCUT2D eigenvalue weighted by molar-refractivity contribution is 7.80. The van der Waals surface area contributed by atoms with Gasteiger partial charge in [0.15, 0.2) is 5.82 Å². The van der Waals surface area contributed by atoms with E-state index in [0.29, 0.717) is 5.82 Å². The summed E-state index contributed by atoms with van der Waals surface area (Å²) in [6, 6.07) is 7.55. The van der Waals surface area contributed by atoms with Gasteiger partial charge in [0.25, 0.3) is 0 Å². The van der Waals surface area contributed by atoms with Gasteiger partial charge in [0.2, 0.25) is 0 Å². The first kappa shape index (κ1) is 8.52. The molecule has 0 saturated carbocycles. The van der Waals surface area contributed by atoms with Gasteiger partial charge in [0, 0.05) is 10.5 Å². The van der Waals surface area contributed by atoms with E-state index in [-0.39, 0.29) is 4.84 Å². The minimum atomic E-state index is 0.213. The maximum absolute atomic E-state index is 4.81. The van der Waals surface area contributed by atoms with Gasteiger partial charge in [-0.15, -0.1) is 12.6 Å². The van der Waals surface area contributed by atoms with Crippen molar-refractivity contribution in [1.82, 2.24) is 10.1 Å². The van der Waals surface area contributed by atoms with E-state index in [1.807, 2.05) is 24.3 Å². The Morgan fingerprint density at radius 2 is 2.00 bits per heavy atom. The molecule has 0 radical (unpaired) electrons. The number of benzene rings is 1. The van der Waals surface area contributed by atoms with Crippen LogP contribution in [0.25, 0.3) is 11.4 Å². The summed E-state index contributed by atoms with van der Waals surface area (Å²) in [6.07, 6.45) is 0. The van der Waals surface area contributed by atoms with Crippen LogP contribution in [0.3, 0.4) is 0 Å². The minimum absolute atomic E-state index is 0.213. The van der Waals surface area contributed by atoms with Crippen LogP contribution in [0.5, 0.6) is 0 Å². The number of aromatic nitrogens is 2. The second-order valence-corrected chi connectivity index (χ2v) is 3.34. The van der Waals surface area contributed by atoms with E-state index in [1.165, 1.54) is 0 Å². The van der Waals surface area contributed by atoms with E-state index in [2.05, 4.69) is 22.8 Å².